The zero-order chi connectivity index (χ0) is 20.5. The highest BCUT2D eigenvalue weighted by molar-refractivity contribution is 6.32. The highest BCUT2D eigenvalue weighted by Gasteiger charge is 2.33. The van der Waals surface area contributed by atoms with Crippen molar-refractivity contribution in [2.75, 3.05) is 7.05 Å². The van der Waals surface area contributed by atoms with E-state index in [9.17, 15) is 22.4 Å². The molecule has 1 atom stereocenters. The fourth-order valence-electron chi connectivity index (χ4n) is 2.51. The van der Waals surface area contributed by atoms with E-state index in [-0.39, 0.29) is 6.54 Å². The van der Waals surface area contributed by atoms with Crippen LogP contribution >= 0.6 is 23.2 Å². The van der Waals surface area contributed by atoms with Gasteiger partial charge in [-0.2, -0.15) is 10.2 Å². The highest BCUT2D eigenvalue weighted by atomic mass is 35.5. The van der Waals surface area contributed by atoms with Gasteiger partial charge in [-0.15, -0.1) is 0 Å². The number of aryl methyl sites for hydroxylation is 1. The van der Waals surface area contributed by atoms with Gasteiger partial charge in [0.25, 0.3) is 12.9 Å². The predicted molar refractivity (Wildman–Crippen MR) is 91.2 cm³/mol. The first-order valence-electron chi connectivity index (χ1n) is 7.89. The molecule has 2 aromatic rings. The SMILES string of the molecule is CCn1cc(Cl)c(CN(C)C(=O)C(C)n2nc(C(F)F)c(Cl)c2C(F)F)n1. The Morgan fingerprint density at radius 3 is 2.33 bits per heavy atom. The van der Waals surface area contributed by atoms with E-state index in [0.717, 1.165) is 0 Å². The van der Waals surface area contributed by atoms with Crippen LogP contribution in [-0.2, 0) is 17.9 Å². The summed E-state index contributed by atoms with van der Waals surface area (Å²) in [7, 11) is 1.42. The number of likely N-dealkylation sites (N-methyl/N-ethyl adjacent to an activating group) is 1. The van der Waals surface area contributed by atoms with Gasteiger partial charge in [0.15, 0.2) is 0 Å². The second-order valence-corrected chi connectivity index (χ2v) is 6.57. The lowest BCUT2D eigenvalue weighted by molar-refractivity contribution is -0.134. The number of aromatic nitrogens is 4. The molecule has 6 nitrogen and oxygen atoms in total. The molecule has 0 saturated carbocycles. The number of alkyl halides is 4. The van der Waals surface area contributed by atoms with Gasteiger partial charge in [-0.25, -0.2) is 22.2 Å². The van der Waals surface area contributed by atoms with Crippen LogP contribution in [0.15, 0.2) is 6.20 Å². The van der Waals surface area contributed by atoms with E-state index in [2.05, 4.69) is 10.2 Å². The van der Waals surface area contributed by atoms with Crippen molar-refractivity contribution in [3.05, 3.63) is 33.3 Å². The molecule has 0 aliphatic rings. The number of nitrogens with zero attached hydrogens (tertiary/aromatic N) is 5. The van der Waals surface area contributed by atoms with Gasteiger partial charge in [0.2, 0.25) is 5.91 Å². The molecule has 1 amide bonds. The van der Waals surface area contributed by atoms with Gasteiger partial charge in [-0.05, 0) is 13.8 Å². The third kappa shape index (κ3) is 4.37. The lowest BCUT2D eigenvalue weighted by atomic mass is 10.2. The molecular weight excluding hydrogens is 413 g/mol. The normalized spacial score (nSPS) is 12.9. The van der Waals surface area contributed by atoms with Crippen LogP contribution in [0.1, 0.15) is 49.8 Å². The summed E-state index contributed by atoms with van der Waals surface area (Å²) in [5.41, 5.74) is -1.49. The first-order valence-corrected chi connectivity index (χ1v) is 8.64. The van der Waals surface area contributed by atoms with Crippen molar-refractivity contribution in [2.45, 2.75) is 45.8 Å². The van der Waals surface area contributed by atoms with Crippen LogP contribution in [0.4, 0.5) is 17.6 Å². The minimum atomic E-state index is -3.17. The number of carbonyl (C=O) groups is 1. The minimum absolute atomic E-state index is 0.00965. The molecule has 0 N–H and O–H groups in total. The largest absolute Gasteiger partial charge is 0.338 e. The van der Waals surface area contributed by atoms with Crippen LogP contribution in [0.25, 0.3) is 0 Å². The van der Waals surface area contributed by atoms with Crippen molar-refractivity contribution in [3.8, 4) is 0 Å². The summed E-state index contributed by atoms with van der Waals surface area (Å²) < 4.78 is 54.6. The van der Waals surface area contributed by atoms with Crippen LogP contribution in [-0.4, -0.2) is 37.4 Å². The number of halogens is 6. The van der Waals surface area contributed by atoms with Gasteiger partial charge in [0, 0.05) is 19.8 Å². The predicted octanol–water partition coefficient (Wildman–Crippen LogP) is 4.50. The maximum absolute atomic E-state index is 13.3. The quantitative estimate of drug-likeness (QED) is 0.608. The van der Waals surface area contributed by atoms with Crippen molar-refractivity contribution in [1.29, 1.82) is 0 Å². The Morgan fingerprint density at radius 2 is 1.85 bits per heavy atom. The summed E-state index contributed by atoms with van der Waals surface area (Å²) in [4.78, 5) is 13.8. The van der Waals surface area contributed by atoms with E-state index >= 15 is 0 Å². The molecule has 0 bridgehead atoms. The summed E-state index contributed by atoms with van der Waals surface area (Å²) in [5, 5.41) is 7.14. The maximum Gasteiger partial charge on any atom is 0.283 e. The molecule has 2 heterocycles. The van der Waals surface area contributed by atoms with E-state index in [4.69, 9.17) is 23.2 Å². The number of amides is 1. The average Bonchev–Trinajstić information content (AvgIpc) is 3.13. The van der Waals surface area contributed by atoms with E-state index in [1.54, 1.807) is 10.9 Å². The van der Waals surface area contributed by atoms with E-state index in [1.165, 1.54) is 18.9 Å². The van der Waals surface area contributed by atoms with E-state index in [1.807, 2.05) is 6.92 Å². The summed E-state index contributed by atoms with van der Waals surface area (Å²) >= 11 is 11.7. The topological polar surface area (TPSA) is 56.0 Å². The zero-order valence-electron chi connectivity index (χ0n) is 14.6. The fraction of sp³-hybridized carbons (Fsp3) is 0.533. The van der Waals surface area contributed by atoms with Crippen molar-refractivity contribution >= 4 is 29.1 Å². The molecule has 12 heteroatoms. The van der Waals surface area contributed by atoms with Gasteiger partial charge in [0.1, 0.15) is 23.1 Å². The molecule has 0 radical (unpaired) electrons. The highest BCUT2D eigenvalue weighted by Crippen LogP contribution is 2.36. The molecule has 0 aliphatic carbocycles. The first kappa shape index (κ1) is 21.5. The molecule has 0 aliphatic heterocycles. The third-order valence-corrected chi connectivity index (χ3v) is 4.63. The molecule has 2 rings (SSSR count). The van der Waals surface area contributed by atoms with Crippen LogP contribution in [0.2, 0.25) is 10.0 Å². The monoisotopic (exact) mass is 429 g/mol. The number of hydrogen-bond donors (Lipinski definition) is 0. The lowest BCUT2D eigenvalue weighted by Crippen LogP contribution is -2.34. The van der Waals surface area contributed by atoms with Gasteiger partial charge >= 0.3 is 0 Å². The molecule has 2 aromatic heterocycles. The molecular formula is C15H17Cl2F4N5O. The van der Waals surface area contributed by atoms with Crippen molar-refractivity contribution in [3.63, 3.8) is 0 Å². The average molecular weight is 430 g/mol. The zero-order valence-corrected chi connectivity index (χ0v) is 16.1. The standard InChI is InChI=1S/C15H17Cl2F4N5O/c1-4-25-5-8(16)9(22-25)6-24(3)15(27)7(2)26-12(14(20)21)10(17)11(23-26)13(18)19/h5,7,13-14H,4,6H2,1-3H3. The van der Waals surface area contributed by atoms with Crippen LogP contribution in [0.3, 0.4) is 0 Å². The summed E-state index contributed by atoms with van der Waals surface area (Å²) in [6, 6.07) is -1.28. The second-order valence-electron chi connectivity index (χ2n) is 5.78. The molecule has 0 aromatic carbocycles. The van der Waals surface area contributed by atoms with Gasteiger partial charge < -0.3 is 4.90 Å². The smallest absolute Gasteiger partial charge is 0.283 e. The Labute approximate surface area is 162 Å². The van der Waals surface area contributed by atoms with E-state index in [0.29, 0.717) is 21.9 Å². The maximum atomic E-state index is 13.3. The Balaban J connectivity index is 2.28. The fourth-order valence-corrected chi connectivity index (χ4v) is 3.01. The Bertz CT molecular complexity index is 823. The summed E-state index contributed by atoms with van der Waals surface area (Å²) in [5.74, 6) is -0.640. The Kier molecular flexibility index (Phi) is 6.74. The van der Waals surface area contributed by atoms with Gasteiger partial charge in [-0.3, -0.25) is 9.48 Å². The Hall–Kier alpha value is -1.81. The molecule has 150 valence electrons. The number of rotatable bonds is 7. The molecule has 27 heavy (non-hydrogen) atoms. The van der Waals surface area contributed by atoms with Gasteiger partial charge in [-0.1, -0.05) is 23.2 Å². The van der Waals surface area contributed by atoms with Gasteiger partial charge in [0.05, 0.1) is 16.6 Å². The van der Waals surface area contributed by atoms with Crippen LogP contribution < -0.4 is 0 Å². The number of carbonyl (C=O) groups excluding carboxylic acids is 1. The minimum Gasteiger partial charge on any atom is -0.338 e. The van der Waals surface area contributed by atoms with E-state index < -0.39 is 41.2 Å². The molecule has 0 saturated heterocycles. The molecule has 0 fully saturated rings. The van der Waals surface area contributed by atoms with Crippen molar-refractivity contribution in [1.82, 2.24) is 24.5 Å². The number of hydrogen-bond acceptors (Lipinski definition) is 3. The first-order chi connectivity index (χ1) is 12.6. The summed E-state index contributed by atoms with van der Waals surface area (Å²) in [6.07, 6.45) is -4.73. The summed E-state index contributed by atoms with van der Waals surface area (Å²) in [6.45, 7) is 3.72. The van der Waals surface area contributed by atoms with Crippen molar-refractivity contribution in [2.24, 2.45) is 0 Å². The second kappa shape index (κ2) is 8.47. The molecule has 1 unspecified atom stereocenters. The molecule has 0 spiro atoms. The Morgan fingerprint density at radius 1 is 1.22 bits per heavy atom. The van der Waals surface area contributed by atoms with Crippen molar-refractivity contribution < 1.29 is 22.4 Å². The van der Waals surface area contributed by atoms with Crippen LogP contribution in [0.5, 0.6) is 0 Å². The lowest BCUT2D eigenvalue weighted by Gasteiger charge is -2.22. The van der Waals surface area contributed by atoms with Crippen LogP contribution in [0, 0.1) is 0 Å². The third-order valence-electron chi connectivity index (χ3n) is 3.92.